The number of carbonyl (C=O) groups excluding carboxylic acids is 1. The van der Waals surface area contributed by atoms with Crippen LogP contribution < -0.4 is 11.1 Å². The van der Waals surface area contributed by atoms with Crippen molar-refractivity contribution < 1.29 is 9.53 Å². The number of nitrogens with one attached hydrogen (secondary N) is 1. The Labute approximate surface area is 109 Å². The molecule has 0 heterocycles. The van der Waals surface area contributed by atoms with Crippen molar-refractivity contribution in [2.75, 3.05) is 13.2 Å². The molecule has 0 fully saturated rings. The Morgan fingerprint density at radius 2 is 2.22 bits per heavy atom. The molecule has 0 saturated carbocycles. The van der Waals surface area contributed by atoms with Gasteiger partial charge in [0.1, 0.15) is 0 Å². The number of amides is 1. The number of ether oxygens (including phenoxy) is 1. The van der Waals surface area contributed by atoms with Crippen LogP contribution in [-0.4, -0.2) is 25.2 Å². The zero-order chi connectivity index (χ0) is 13.4. The van der Waals surface area contributed by atoms with Crippen molar-refractivity contribution in [2.45, 2.75) is 32.9 Å². The fourth-order valence-corrected chi connectivity index (χ4v) is 1.70. The molecule has 3 N–H and O–H groups in total. The molecule has 0 bridgehead atoms. The summed E-state index contributed by atoms with van der Waals surface area (Å²) in [5.41, 5.74) is 7.15. The molecule has 0 unspecified atom stereocenters. The number of hydrogen-bond donors (Lipinski definition) is 2. The van der Waals surface area contributed by atoms with E-state index in [1.165, 1.54) is 0 Å². The molecule has 0 aromatic heterocycles. The van der Waals surface area contributed by atoms with Gasteiger partial charge in [-0.3, -0.25) is 4.79 Å². The Morgan fingerprint density at radius 3 is 2.83 bits per heavy atom. The van der Waals surface area contributed by atoms with E-state index in [0.717, 1.165) is 12.0 Å². The third-order valence-corrected chi connectivity index (χ3v) is 2.77. The molecule has 0 aliphatic rings. The van der Waals surface area contributed by atoms with E-state index in [1.54, 1.807) is 6.07 Å². The number of hydrogen-bond acceptors (Lipinski definition) is 3. The number of rotatable bonds is 7. The molecule has 100 valence electrons. The summed E-state index contributed by atoms with van der Waals surface area (Å²) in [6.07, 6.45) is 0.966. The predicted octanol–water partition coefficient (Wildman–Crippen LogP) is 1.69. The molecule has 4 heteroatoms. The lowest BCUT2D eigenvalue weighted by Gasteiger charge is -2.15. The molecular formula is C14H22N2O2. The summed E-state index contributed by atoms with van der Waals surface area (Å²) < 4.78 is 5.49. The first-order valence-corrected chi connectivity index (χ1v) is 6.40. The van der Waals surface area contributed by atoms with E-state index in [0.29, 0.717) is 25.3 Å². The van der Waals surface area contributed by atoms with E-state index in [9.17, 15) is 4.79 Å². The topological polar surface area (TPSA) is 64.3 Å². The van der Waals surface area contributed by atoms with Gasteiger partial charge in [-0.25, -0.2) is 0 Å². The van der Waals surface area contributed by atoms with Crippen LogP contribution in [-0.2, 0) is 11.3 Å². The Morgan fingerprint density at radius 1 is 1.44 bits per heavy atom. The summed E-state index contributed by atoms with van der Waals surface area (Å²) in [5, 5.41) is 2.88. The smallest absolute Gasteiger partial charge is 0.251 e. The number of carbonyl (C=O) groups is 1. The first-order chi connectivity index (χ1) is 8.71. The fraction of sp³-hybridized carbons (Fsp3) is 0.500. The number of nitrogens with two attached hydrogens (primary N) is 1. The van der Waals surface area contributed by atoms with Gasteiger partial charge in [0.2, 0.25) is 0 Å². The lowest BCUT2D eigenvalue weighted by molar-refractivity contribution is 0.0569. The van der Waals surface area contributed by atoms with Crippen molar-refractivity contribution in [3.63, 3.8) is 0 Å². The molecule has 1 aromatic rings. The molecule has 1 atom stereocenters. The summed E-state index contributed by atoms with van der Waals surface area (Å²) in [4.78, 5) is 11.9. The van der Waals surface area contributed by atoms with Crippen LogP contribution in [0.2, 0.25) is 0 Å². The quantitative estimate of drug-likeness (QED) is 0.774. The zero-order valence-corrected chi connectivity index (χ0v) is 11.1. The highest BCUT2D eigenvalue weighted by Gasteiger charge is 2.10. The average Bonchev–Trinajstić information content (AvgIpc) is 2.43. The van der Waals surface area contributed by atoms with Gasteiger partial charge in [0.25, 0.3) is 5.91 Å². The van der Waals surface area contributed by atoms with Gasteiger partial charge in [-0.1, -0.05) is 19.1 Å². The molecule has 0 aliphatic carbocycles. The molecule has 1 aromatic carbocycles. The minimum absolute atomic E-state index is 0.0801. The number of benzene rings is 1. The van der Waals surface area contributed by atoms with E-state index in [2.05, 4.69) is 5.32 Å². The normalized spacial score (nSPS) is 12.2. The second-order valence-corrected chi connectivity index (χ2v) is 4.10. The maximum Gasteiger partial charge on any atom is 0.251 e. The molecule has 4 nitrogen and oxygen atoms in total. The van der Waals surface area contributed by atoms with E-state index in [1.807, 2.05) is 32.0 Å². The minimum atomic E-state index is -0.0801. The highest BCUT2D eigenvalue weighted by atomic mass is 16.5. The van der Waals surface area contributed by atoms with Gasteiger partial charge >= 0.3 is 0 Å². The Bertz CT molecular complexity index is 380. The SMILES string of the molecule is CCO[C@H](CC)CNC(=O)c1cccc(CN)c1. The lowest BCUT2D eigenvalue weighted by atomic mass is 10.1. The molecule has 1 rings (SSSR count). The molecule has 0 radical (unpaired) electrons. The molecule has 18 heavy (non-hydrogen) atoms. The van der Waals surface area contributed by atoms with Crippen molar-refractivity contribution >= 4 is 5.91 Å². The maximum atomic E-state index is 11.9. The summed E-state index contributed by atoms with van der Waals surface area (Å²) in [6, 6.07) is 7.36. The summed E-state index contributed by atoms with van der Waals surface area (Å²) in [5.74, 6) is -0.0801. The van der Waals surface area contributed by atoms with Crippen molar-refractivity contribution in [3.8, 4) is 0 Å². The van der Waals surface area contributed by atoms with Crippen molar-refractivity contribution in [1.29, 1.82) is 0 Å². The summed E-state index contributed by atoms with van der Waals surface area (Å²) in [6.45, 7) is 5.64. The van der Waals surface area contributed by atoms with Crippen LogP contribution in [0.5, 0.6) is 0 Å². The van der Waals surface area contributed by atoms with E-state index in [-0.39, 0.29) is 12.0 Å². The minimum Gasteiger partial charge on any atom is -0.377 e. The molecular weight excluding hydrogens is 228 g/mol. The van der Waals surface area contributed by atoms with Crippen LogP contribution in [0.1, 0.15) is 36.2 Å². The highest BCUT2D eigenvalue weighted by molar-refractivity contribution is 5.94. The highest BCUT2D eigenvalue weighted by Crippen LogP contribution is 2.05. The van der Waals surface area contributed by atoms with Gasteiger partial charge in [-0.2, -0.15) is 0 Å². The third kappa shape index (κ3) is 4.47. The van der Waals surface area contributed by atoms with Crippen LogP contribution in [0.25, 0.3) is 0 Å². The van der Waals surface area contributed by atoms with Gasteiger partial charge in [-0.05, 0) is 31.0 Å². The second-order valence-electron chi connectivity index (χ2n) is 4.10. The average molecular weight is 250 g/mol. The fourth-order valence-electron chi connectivity index (χ4n) is 1.70. The Balaban J connectivity index is 2.53. The van der Waals surface area contributed by atoms with Crippen LogP contribution in [0.3, 0.4) is 0 Å². The first kappa shape index (κ1) is 14.7. The van der Waals surface area contributed by atoms with Crippen LogP contribution in [0.15, 0.2) is 24.3 Å². The molecule has 0 saturated heterocycles. The second kappa shape index (κ2) is 7.84. The van der Waals surface area contributed by atoms with E-state index in [4.69, 9.17) is 10.5 Å². The Hall–Kier alpha value is -1.39. The van der Waals surface area contributed by atoms with Gasteiger partial charge in [0.15, 0.2) is 0 Å². The monoisotopic (exact) mass is 250 g/mol. The van der Waals surface area contributed by atoms with Crippen molar-refractivity contribution in [2.24, 2.45) is 5.73 Å². The first-order valence-electron chi connectivity index (χ1n) is 6.40. The summed E-state index contributed by atoms with van der Waals surface area (Å²) >= 11 is 0. The van der Waals surface area contributed by atoms with E-state index < -0.39 is 0 Å². The third-order valence-electron chi connectivity index (χ3n) is 2.77. The van der Waals surface area contributed by atoms with Gasteiger partial charge < -0.3 is 15.8 Å². The largest absolute Gasteiger partial charge is 0.377 e. The van der Waals surface area contributed by atoms with Gasteiger partial charge in [0, 0.05) is 25.3 Å². The predicted molar refractivity (Wildman–Crippen MR) is 72.4 cm³/mol. The van der Waals surface area contributed by atoms with Crippen LogP contribution in [0.4, 0.5) is 0 Å². The molecule has 1 amide bonds. The van der Waals surface area contributed by atoms with Crippen molar-refractivity contribution in [3.05, 3.63) is 35.4 Å². The van der Waals surface area contributed by atoms with Crippen LogP contribution in [0, 0.1) is 0 Å². The molecule has 0 spiro atoms. The van der Waals surface area contributed by atoms with Gasteiger partial charge in [0.05, 0.1) is 6.10 Å². The van der Waals surface area contributed by atoms with Crippen LogP contribution >= 0.6 is 0 Å². The van der Waals surface area contributed by atoms with E-state index >= 15 is 0 Å². The zero-order valence-electron chi connectivity index (χ0n) is 11.1. The van der Waals surface area contributed by atoms with Crippen molar-refractivity contribution in [1.82, 2.24) is 5.32 Å². The van der Waals surface area contributed by atoms with Gasteiger partial charge in [-0.15, -0.1) is 0 Å². The standard InChI is InChI=1S/C14H22N2O2/c1-3-13(18-4-2)10-16-14(17)12-7-5-6-11(8-12)9-15/h5-8,13H,3-4,9-10,15H2,1-2H3,(H,16,17)/t13-/m1/s1. The summed E-state index contributed by atoms with van der Waals surface area (Å²) in [7, 11) is 0. The Kier molecular flexibility index (Phi) is 6.39. The maximum absolute atomic E-state index is 11.9. The molecule has 0 aliphatic heterocycles. The lowest BCUT2D eigenvalue weighted by Crippen LogP contribution is -2.33.